The van der Waals surface area contributed by atoms with Gasteiger partial charge in [0.2, 0.25) is 0 Å². The fourth-order valence-electron chi connectivity index (χ4n) is 3.65. The second-order valence-corrected chi connectivity index (χ2v) is 6.95. The molecule has 1 fully saturated rings. The van der Waals surface area contributed by atoms with E-state index in [0.29, 0.717) is 16.9 Å². The molecule has 2 heterocycles. The van der Waals surface area contributed by atoms with E-state index in [-0.39, 0.29) is 25.4 Å². The number of ether oxygens (including phenoxy) is 3. The van der Waals surface area contributed by atoms with E-state index in [1.54, 1.807) is 30.3 Å². The number of benzene rings is 2. The summed E-state index contributed by atoms with van der Waals surface area (Å²) >= 11 is 0. The van der Waals surface area contributed by atoms with Crippen LogP contribution in [0.3, 0.4) is 0 Å². The lowest BCUT2D eigenvalue weighted by atomic mass is 9.84. The molecule has 3 amide bonds. The third-order valence-corrected chi connectivity index (χ3v) is 5.16. The lowest BCUT2D eigenvalue weighted by Crippen LogP contribution is -2.47. The molecule has 4 rings (SSSR count). The molecule has 0 unspecified atom stereocenters. The second kappa shape index (κ2) is 7.66. The molecule has 0 saturated carbocycles. The highest BCUT2D eigenvalue weighted by molar-refractivity contribution is 6.09. The predicted octanol–water partition coefficient (Wildman–Crippen LogP) is 2.11. The molecule has 0 radical (unpaired) electrons. The van der Waals surface area contributed by atoms with Crippen LogP contribution in [0.1, 0.15) is 17.5 Å². The fourth-order valence-corrected chi connectivity index (χ4v) is 3.65. The molecule has 1 N–H and O–H groups in total. The Labute approximate surface area is 171 Å². The molecular weight excluding hydrogens is 395 g/mol. The third-order valence-electron chi connectivity index (χ3n) is 5.16. The molecule has 2 aromatic carbocycles. The van der Waals surface area contributed by atoms with Gasteiger partial charge < -0.3 is 19.5 Å². The van der Waals surface area contributed by atoms with Gasteiger partial charge in [-0.2, -0.15) is 0 Å². The Morgan fingerprint density at radius 2 is 2.07 bits per heavy atom. The molecule has 0 aromatic heterocycles. The van der Waals surface area contributed by atoms with Crippen molar-refractivity contribution >= 4 is 17.9 Å². The minimum absolute atomic E-state index is 0.0754. The summed E-state index contributed by atoms with van der Waals surface area (Å²) in [4.78, 5) is 38.7. The molecule has 0 bridgehead atoms. The van der Waals surface area contributed by atoms with E-state index in [2.05, 4.69) is 5.32 Å². The van der Waals surface area contributed by atoms with Gasteiger partial charge in [-0.3, -0.25) is 14.5 Å². The number of nitrogens with zero attached hydrogens (tertiary/aromatic N) is 1. The molecule has 2 aliphatic heterocycles. The van der Waals surface area contributed by atoms with Gasteiger partial charge in [0.25, 0.3) is 5.91 Å². The highest BCUT2D eigenvalue weighted by Crippen LogP contribution is 2.40. The number of rotatable bonds is 5. The molecular formula is C21H19FN2O6. The molecule has 2 aromatic rings. The van der Waals surface area contributed by atoms with Crippen LogP contribution in [-0.4, -0.2) is 43.1 Å². The second-order valence-electron chi connectivity index (χ2n) is 6.95. The summed E-state index contributed by atoms with van der Waals surface area (Å²) in [6, 6.07) is 10.4. The number of nitrogens with one attached hydrogen (secondary N) is 1. The molecule has 1 saturated heterocycles. The molecule has 9 heteroatoms. The third kappa shape index (κ3) is 3.32. The molecule has 30 heavy (non-hydrogen) atoms. The summed E-state index contributed by atoms with van der Waals surface area (Å²) in [5.74, 6) is -1.31. The average Bonchev–Trinajstić information content (AvgIpc) is 2.97. The van der Waals surface area contributed by atoms with Gasteiger partial charge in [-0.1, -0.05) is 24.3 Å². The largest absolute Gasteiger partial charge is 0.494 e. The van der Waals surface area contributed by atoms with Crippen molar-refractivity contribution in [1.29, 1.82) is 0 Å². The molecule has 0 aliphatic carbocycles. The first-order valence-corrected chi connectivity index (χ1v) is 9.29. The normalized spacial score (nSPS) is 19.9. The van der Waals surface area contributed by atoms with Crippen molar-refractivity contribution in [2.45, 2.75) is 18.6 Å². The average molecular weight is 414 g/mol. The Morgan fingerprint density at radius 1 is 1.27 bits per heavy atom. The topological polar surface area (TPSA) is 94.2 Å². The van der Waals surface area contributed by atoms with Crippen LogP contribution in [0.25, 0.3) is 0 Å². The number of hydrogen-bond acceptors (Lipinski definition) is 6. The first-order valence-electron chi connectivity index (χ1n) is 9.29. The predicted molar refractivity (Wildman–Crippen MR) is 101 cm³/mol. The number of imide groups is 1. The molecule has 156 valence electrons. The van der Waals surface area contributed by atoms with Crippen LogP contribution in [0.2, 0.25) is 0 Å². The minimum Gasteiger partial charge on any atom is -0.494 e. The summed E-state index contributed by atoms with van der Waals surface area (Å²) in [5.41, 5.74) is -0.293. The smallest absolute Gasteiger partial charge is 0.326 e. The lowest BCUT2D eigenvalue weighted by molar-refractivity contribution is -0.149. The van der Waals surface area contributed by atoms with Gasteiger partial charge >= 0.3 is 12.0 Å². The van der Waals surface area contributed by atoms with E-state index in [9.17, 15) is 18.8 Å². The zero-order valence-corrected chi connectivity index (χ0v) is 16.1. The molecule has 2 aliphatic rings. The number of carbonyl (C=O) groups is 3. The van der Waals surface area contributed by atoms with E-state index in [0.717, 1.165) is 4.90 Å². The monoisotopic (exact) mass is 414 g/mol. The quantitative estimate of drug-likeness (QED) is 0.595. The van der Waals surface area contributed by atoms with E-state index >= 15 is 0 Å². The maximum absolute atomic E-state index is 13.7. The number of fused-ring (bicyclic) bond motifs is 2. The maximum atomic E-state index is 13.7. The fraction of sp³-hybridized carbons (Fsp3) is 0.286. The van der Waals surface area contributed by atoms with Crippen LogP contribution in [0.4, 0.5) is 9.18 Å². The van der Waals surface area contributed by atoms with Crippen molar-refractivity contribution in [3.63, 3.8) is 0 Å². The van der Waals surface area contributed by atoms with Crippen molar-refractivity contribution in [3.8, 4) is 11.5 Å². The van der Waals surface area contributed by atoms with Crippen molar-refractivity contribution in [2.24, 2.45) is 0 Å². The summed E-state index contributed by atoms with van der Waals surface area (Å²) in [5, 5.41) is 2.71. The SMILES string of the molecule is COc1ccc(COC(=O)CN2C(=O)N[C@]3(CCOc4ccccc43)C2=O)cc1F. The Hall–Kier alpha value is -3.62. The molecule has 8 nitrogen and oxygen atoms in total. The highest BCUT2D eigenvalue weighted by atomic mass is 19.1. The molecule has 1 spiro atoms. The summed E-state index contributed by atoms with van der Waals surface area (Å²) in [6.07, 6.45) is 0.255. The standard InChI is InChI=1S/C21H19FN2O6/c1-28-17-7-6-13(10-15(17)22)12-30-18(25)11-24-19(26)21(23-20(24)27)8-9-29-16-5-3-2-4-14(16)21/h2-7,10H,8-9,11-12H2,1H3,(H,23,27)/t21-/m0/s1. The number of hydrogen-bond donors (Lipinski definition) is 1. The number of amides is 3. The minimum atomic E-state index is -1.26. The summed E-state index contributed by atoms with van der Waals surface area (Å²) in [6.45, 7) is -0.496. The molecule has 1 atom stereocenters. The zero-order valence-electron chi connectivity index (χ0n) is 16.1. The summed E-state index contributed by atoms with van der Waals surface area (Å²) in [7, 11) is 1.35. The van der Waals surface area contributed by atoms with Gasteiger partial charge in [0, 0.05) is 12.0 Å². The number of methoxy groups -OCH3 is 1. The Balaban J connectivity index is 1.44. The van der Waals surface area contributed by atoms with Gasteiger partial charge in [-0.15, -0.1) is 0 Å². The van der Waals surface area contributed by atoms with Gasteiger partial charge in [0.05, 0.1) is 13.7 Å². The highest BCUT2D eigenvalue weighted by Gasteiger charge is 2.55. The number of halogens is 1. The van der Waals surface area contributed by atoms with Crippen molar-refractivity contribution in [3.05, 3.63) is 59.4 Å². The zero-order chi connectivity index (χ0) is 21.3. The van der Waals surface area contributed by atoms with E-state index in [1.165, 1.54) is 19.2 Å². The van der Waals surface area contributed by atoms with Crippen LogP contribution < -0.4 is 14.8 Å². The van der Waals surface area contributed by atoms with Crippen molar-refractivity contribution in [2.75, 3.05) is 20.3 Å². The van der Waals surface area contributed by atoms with Crippen LogP contribution in [-0.2, 0) is 26.5 Å². The van der Waals surface area contributed by atoms with Crippen LogP contribution >= 0.6 is 0 Å². The lowest BCUT2D eigenvalue weighted by Gasteiger charge is -2.33. The van der Waals surface area contributed by atoms with Crippen molar-refractivity contribution < 1.29 is 33.0 Å². The van der Waals surface area contributed by atoms with Gasteiger partial charge in [-0.25, -0.2) is 9.18 Å². The Bertz CT molecular complexity index is 1030. The maximum Gasteiger partial charge on any atom is 0.326 e. The Kier molecular flexibility index (Phi) is 5.03. The van der Waals surface area contributed by atoms with Gasteiger partial charge in [0.15, 0.2) is 17.1 Å². The van der Waals surface area contributed by atoms with Crippen LogP contribution in [0.15, 0.2) is 42.5 Å². The first kappa shape index (κ1) is 19.7. The van der Waals surface area contributed by atoms with Gasteiger partial charge in [0.1, 0.15) is 18.9 Å². The van der Waals surface area contributed by atoms with Crippen LogP contribution in [0.5, 0.6) is 11.5 Å². The number of para-hydroxylation sites is 1. The van der Waals surface area contributed by atoms with Crippen LogP contribution in [0, 0.1) is 5.82 Å². The Morgan fingerprint density at radius 3 is 2.83 bits per heavy atom. The van der Waals surface area contributed by atoms with E-state index in [4.69, 9.17) is 14.2 Å². The van der Waals surface area contributed by atoms with E-state index < -0.39 is 35.8 Å². The summed E-state index contributed by atoms with van der Waals surface area (Å²) < 4.78 is 29.3. The number of esters is 1. The number of carbonyl (C=O) groups excluding carboxylic acids is 3. The van der Waals surface area contributed by atoms with Gasteiger partial charge in [-0.05, 0) is 23.8 Å². The van der Waals surface area contributed by atoms with E-state index in [1.807, 2.05) is 0 Å². The van der Waals surface area contributed by atoms with Crippen molar-refractivity contribution in [1.82, 2.24) is 10.2 Å². The first-order chi connectivity index (χ1) is 14.4. The number of urea groups is 1.